The quantitative estimate of drug-likeness (QED) is 0.577. The van der Waals surface area contributed by atoms with E-state index in [-0.39, 0.29) is 0 Å². The predicted octanol–water partition coefficient (Wildman–Crippen LogP) is 4.14. The number of nitrogens with zero attached hydrogens (tertiary/aromatic N) is 1. The van der Waals surface area contributed by atoms with Gasteiger partial charge in [-0.2, -0.15) is 0 Å². The first-order chi connectivity index (χ1) is 9.42. The van der Waals surface area contributed by atoms with Crippen LogP contribution in [0.15, 0.2) is 59.8 Å². The van der Waals surface area contributed by atoms with Gasteiger partial charge in [0, 0.05) is 5.92 Å². The van der Waals surface area contributed by atoms with Crippen molar-refractivity contribution in [2.24, 2.45) is 11.1 Å². The molecule has 1 aliphatic rings. The van der Waals surface area contributed by atoms with Crippen LogP contribution in [0.4, 0.5) is 0 Å². The fraction of sp³-hybridized carbons (Fsp3) is 0.235. The Kier molecular flexibility index (Phi) is 3.59. The van der Waals surface area contributed by atoms with E-state index in [1.54, 1.807) is 0 Å². The van der Waals surface area contributed by atoms with Gasteiger partial charge in [-0.05, 0) is 35.6 Å². The summed E-state index contributed by atoms with van der Waals surface area (Å²) >= 11 is 0. The highest BCUT2D eigenvalue weighted by atomic mass is 16.6. The molecule has 19 heavy (non-hydrogen) atoms. The second-order valence-electron chi connectivity index (χ2n) is 4.83. The Hall–Kier alpha value is -2.09. The maximum Gasteiger partial charge on any atom is 0.142 e. The zero-order valence-electron chi connectivity index (χ0n) is 10.8. The van der Waals surface area contributed by atoms with Gasteiger partial charge < -0.3 is 4.84 Å². The fourth-order valence-corrected chi connectivity index (χ4v) is 1.90. The van der Waals surface area contributed by atoms with Crippen LogP contribution in [0.5, 0.6) is 0 Å². The minimum atomic E-state index is 0.500. The zero-order chi connectivity index (χ0) is 12.9. The van der Waals surface area contributed by atoms with Crippen LogP contribution in [-0.4, -0.2) is 6.21 Å². The van der Waals surface area contributed by atoms with E-state index < -0.39 is 0 Å². The van der Waals surface area contributed by atoms with Gasteiger partial charge in [-0.3, -0.25) is 0 Å². The molecule has 1 radical (unpaired) electrons. The summed E-state index contributed by atoms with van der Waals surface area (Å²) in [7, 11) is 0. The van der Waals surface area contributed by atoms with Crippen LogP contribution >= 0.6 is 0 Å². The molecule has 0 aliphatic heterocycles. The lowest BCUT2D eigenvalue weighted by Crippen LogP contribution is -1.89. The summed E-state index contributed by atoms with van der Waals surface area (Å²) in [5.41, 5.74) is 3.55. The summed E-state index contributed by atoms with van der Waals surface area (Å²) in [6.07, 6.45) is 5.39. The maximum atomic E-state index is 5.28. The third kappa shape index (κ3) is 3.44. The van der Waals surface area contributed by atoms with E-state index in [9.17, 15) is 0 Å². The first-order valence-electron chi connectivity index (χ1n) is 6.64. The minimum Gasteiger partial charge on any atom is -0.391 e. The van der Waals surface area contributed by atoms with Gasteiger partial charge in [0.15, 0.2) is 0 Å². The molecular weight excluding hydrogens is 234 g/mol. The number of hydrogen-bond acceptors (Lipinski definition) is 2. The SMILES string of the molecule is [C](=N/OCc1cccc(-c2ccccc2)c1)/C1CC1. The van der Waals surface area contributed by atoms with Crippen molar-refractivity contribution < 1.29 is 4.84 Å². The predicted molar refractivity (Wildman–Crippen MR) is 76.8 cm³/mol. The first-order valence-corrected chi connectivity index (χ1v) is 6.64. The molecule has 0 aromatic heterocycles. The summed E-state index contributed by atoms with van der Waals surface area (Å²) in [4.78, 5) is 5.28. The summed E-state index contributed by atoms with van der Waals surface area (Å²) in [5.74, 6) is 0.538. The van der Waals surface area contributed by atoms with E-state index in [0.717, 1.165) is 5.56 Å². The van der Waals surface area contributed by atoms with Crippen molar-refractivity contribution in [3.63, 3.8) is 0 Å². The highest BCUT2D eigenvalue weighted by Gasteiger charge is 2.19. The third-order valence-corrected chi connectivity index (χ3v) is 3.14. The van der Waals surface area contributed by atoms with Crippen molar-refractivity contribution in [1.82, 2.24) is 0 Å². The normalized spacial score (nSPS) is 14.7. The average Bonchev–Trinajstić information content (AvgIpc) is 3.29. The number of rotatable bonds is 5. The molecule has 0 atom stereocenters. The summed E-state index contributed by atoms with van der Waals surface area (Å²) in [5, 5.41) is 3.88. The Morgan fingerprint density at radius 2 is 1.79 bits per heavy atom. The molecule has 2 nitrogen and oxygen atoms in total. The van der Waals surface area contributed by atoms with E-state index in [4.69, 9.17) is 4.84 Å². The third-order valence-electron chi connectivity index (χ3n) is 3.14. The lowest BCUT2D eigenvalue weighted by Gasteiger charge is -2.04. The van der Waals surface area contributed by atoms with Crippen molar-refractivity contribution in [2.45, 2.75) is 19.4 Å². The Bertz CT molecular complexity index is 558. The first kappa shape index (κ1) is 12.0. The maximum absolute atomic E-state index is 5.28. The van der Waals surface area contributed by atoms with Crippen LogP contribution in [0.3, 0.4) is 0 Å². The highest BCUT2D eigenvalue weighted by molar-refractivity contribution is 5.64. The van der Waals surface area contributed by atoms with Crippen molar-refractivity contribution in [3.8, 4) is 11.1 Å². The minimum absolute atomic E-state index is 0.500. The van der Waals surface area contributed by atoms with Crippen LogP contribution in [0, 0.1) is 5.92 Å². The van der Waals surface area contributed by atoms with E-state index in [1.807, 2.05) is 18.2 Å². The number of benzene rings is 2. The van der Waals surface area contributed by atoms with Crippen LogP contribution in [0.2, 0.25) is 0 Å². The fourth-order valence-electron chi connectivity index (χ4n) is 1.90. The molecule has 0 saturated heterocycles. The van der Waals surface area contributed by atoms with Gasteiger partial charge in [-0.25, -0.2) is 0 Å². The second kappa shape index (κ2) is 5.70. The van der Waals surface area contributed by atoms with Crippen LogP contribution < -0.4 is 0 Å². The monoisotopic (exact) mass is 250 g/mol. The van der Waals surface area contributed by atoms with E-state index in [1.165, 1.54) is 24.0 Å². The topological polar surface area (TPSA) is 21.6 Å². The zero-order valence-corrected chi connectivity index (χ0v) is 10.8. The molecular formula is C17H16NO. The van der Waals surface area contributed by atoms with Gasteiger partial charge in [0.25, 0.3) is 0 Å². The van der Waals surface area contributed by atoms with Gasteiger partial charge in [0.05, 0.1) is 0 Å². The Labute approximate surface area is 113 Å². The standard InChI is InChI=1S/C17H16NO/c1-2-6-16(7-3-1)17-8-4-5-15(11-17)13-19-18-12-14-9-10-14/h1-8,11,14H,9-10,13H2. The Balaban J connectivity index is 1.65. The van der Waals surface area contributed by atoms with Crippen LogP contribution in [0.1, 0.15) is 18.4 Å². The highest BCUT2D eigenvalue weighted by Crippen LogP contribution is 2.26. The molecule has 0 amide bonds. The molecule has 0 unspecified atom stereocenters. The molecule has 95 valence electrons. The van der Waals surface area contributed by atoms with Crippen molar-refractivity contribution in [2.75, 3.05) is 0 Å². The van der Waals surface area contributed by atoms with Crippen molar-refractivity contribution >= 4 is 6.21 Å². The molecule has 2 aromatic carbocycles. The lowest BCUT2D eigenvalue weighted by molar-refractivity contribution is 0.131. The smallest absolute Gasteiger partial charge is 0.142 e. The van der Waals surface area contributed by atoms with Gasteiger partial charge in [-0.15, -0.1) is 0 Å². The van der Waals surface area contributed by atoms with E-state index in [2.05, 4.69) is 47.8 Å². The summed E-state index contributed by atoms with van der Waals surface area (Å²) in [6.45, 7) is 0.500. The molecule has 0 bridgehead atoms. The molecule has 2 heteroatoms. The van der Waals surface area contributed by atoms with Crippen molar-refractivity contribution in [1.29, 1.82) is 0 Å². The van der Waals surface area contributed by atoms with E-state index in [0.29, 0.717) is 12.5 Å². The molecule has 1 fully saturated rings. The van der Waals surface area contributed by atoms with Crippen molar-refractivity contribution in [3.05, 3.63) is 60.2 Å². The Morgan fingerprint density at radius 3 is 2.58 bits per heavy atom. The molecule has 1 saturated carbocycles. The number of hydrogen-bond donors (Lipinski definition) is 0. The van der Waals surface area contributed by atoms with Gasteiger partial charge >= 0.3 is 0 Å². The molecule has 0 spiro atoms. The molecule has 3 rings (SSSR count). The lowest BCUT2D eigenvalue weighted by atomic mass is 10.0. The van der Waals surface area contributed by atoms with Gasteiger partial charge in [0.2, 0.25) is 0 Å². The molecule has 0 heterocycles. The van der Waals surface area contributed by atoms with Gasteiger partial charge in [-0.1, -0.05) is 53.7 Å². The van der Waals surface area contributed by atoms with E-state index >= 15 is 0 Å². The largest absolute Gasteiger partial charge is 0.391 e. The molecule has 1 aliphatic carbocycles. The second-order valence-corrected chi connectivity index (χ2v) is 4.83. The summed E-state index contributed by atoms with van der Waals surface area (Å²) < 4.78 is 0. The Morgan fingerprint density at radius 1 is 1.00 bits per heavy atom. The molecule has 0 N–H and O–H groups in total. The van der Waals surface area contributed by atoms with Crippen LogP contribution in [-0.2, 0) is 11.4 Å². The van der Waals surface area contributed by atoms with Crippen LogP contribution in [0.25, 0.3) is 11.1 Å². The average molecular weight is 250 g/mol. The summed E-state index contributed by atoms with van der Waals surface area (Å²) in [6, 6.07) is 18.7. The molecule has 2 aromatic rings. The van der Waals surface area contributed by atoms with Gasteiger partial charge in [0.1, 0.15) is 12.8 Å².